The first-order valence-corrected chi connectivity index (χ1v) is 8.92. The standard InChI is InChI=1S/C18H27N3O2.2ClH/c1-23-12-16-3-2-6-20(16)11-14-4-5-17-15-7-13(8-19-9-15)10-21(17)18(14)22;;/h4-5,13,15-16,19H,2-3,6-12H2,1H3;2*1H/t13-,15+,16-;;/m0../s1. The summed E-state index contributed by atoms with van der Waals surface area (Å²) in [6.45, 7) is 5.55. The van der Waals surface area contributed by atoms with Gasteiger partial charge in [-0.1, -0.05) is 6.07 Å². The van der Waals surface area contributed by atoms with Crippen LogP contribution in [0.1, 0.15) is 36.4 Å². The van der Waals surface area contributed by atoms with Crippen molar-refractivity contribution in [2.75, 3.05) is 33.4 Å². The van der Waals surface area contributed by atoms with Gasteiger partial charge < -0.3 is 14.6 Å². The molecule has 4 heterocycles. The number of ether oxygens (including phenoxy) is 1. The molecule has 2 fully saturated rings. The molecule has 0 radical (unpaired) electrons. The highest BCUT2D eigenvalue weighted by Gasteiger charge is 2.32. The molecular weight excluding hydrogens is 361 g/mol. The van der Waals surface area contributed by atoms with E-state index >= 15 is 0 Å². The summed E-state index contributed by atoms with van der Waals surface area (Å²) in [4.78, 5) is 15.4. The second kappa shape index (κ2) is 8.87. The highest BCUT2D eigenvalue weighted by molar-refractivity contribution is 5.85. The van der Waals surface area contributed by atoms with E-state index < -0.39 is 0 Å². The minimum atomic E-state index is 0. The molecule has 1 aromatic rings. The van der Waals surface area contributed by atoms with Gasteiger partial charge >= 0.3 is 0 Å². The summed E-state index contributed by atoms with van der Waals surface area (Å²) >= 11 is 0. The van der Waals surface area contributed by atoms with Gasteiger partial charge in [-0.05, 0) is 44.3 Å². The van der Waals surface area contributed by atoms with E-state index in [2.05, 4.69) is 26.9 Å². The Kier molecular flexibility index (Phi) is 7.35. The minimum absolute atomic E-state index is 0. The lowest BCUT2D eigenvalue weighted by Crippen LogP contribution is -2.46. The molecule has 142 valence electrons. The van der Waals surface area contributed by atoms with Gasteiger partial charge in [-0.15, -0.1) is 24.8 Å². The normalized spacial score (nSPS) is 28.0. The van der Waals surface area contributed by atoms with Crippen LogP contribution in [0, 0.1) is 5.92 Å². The van der Waals surface area contributed by atoms with Gasteiger partial charge in [0.1, 0.15) is 0 Å². The molecule has 3 aliphatic heterocycles. The number of likely N-dealkylation sites (tertiary alicyclic amines) is 1. The van der Waals surface area contributed by atoms with E-state index in [0.717, 1.165) is 44.9 Å². The van der Waals surface area contributed by atoms with Crippen LogP contribution in [-0.2, 0) is 17.8 Å². The van der Waals surface area contributed by atoms with Crippen LogP contribution in [0.15, 0.2) is 16.9 Å². The fourth-order valence-corrected chi connectivity index (χ4v) is 4.66. The molecule has 25 heavy (non-hydrogen) atoms. The molecule has 3 atom stereocenters. The maximum atomic E-state index is 13.0. The molecule has 0 amide bonds. The number of piperidine rings is 1. The van der Waals surface area contributed by atoms with Crippen LogP contribution in [0.5, 0.6) is 0 Å². The van der Waals surface area contributed by atoms with Crippen molar-refractivity contribution in [3.05, 3.63) is 33.7 Å². The van der Waals surface area contributed by atoms with E-state index in [0.29, 0.717) is 17.9 Å². The van der Waals surface area contributed by atoms with Crippen molar-refractivity contribution in [2.24, 2.45) is 5.92 Å². The number of rotatable bonds is 4. The van der Waals surface area contributed by atoms with Crippen LogP contribution in [0.3, 0.4) is 0 Å². The molecule has 5 nitrogen and oxygen atoms in total. The first kappa shape index (κ1) is 20.7. The van der Waals surface area contributed by atoms with E-state index in [1.165, 1.54) is 25.0 Å². The van der Waals surface area contributed by atoms with Crippen LogP contribution >= 0.6 is 24.8 Å². The number of hydrogen-bond acceptors (Lipinski definition) is 4. The molecular formula is C18H29Cl2N3O2. The molecule has 0 unspecified atom stereocenters. The van der Waals surface area contributed by atoms with Gasteiger partial charge in [0.2, 0.25) is 0 Å². The van der Waals surface area contributed by atoms with Gasteiger partial charge in [-0.25, -0.2) is 0 Å². The summed E-state index contributed by atoms with van der Waals surface area (Å²) in [5.41, 5.74) is 2.42. The number of pyridine rings is 1. The molecule has 0 saturated carbocycles. The Labute approximate surface area is 161 Å². The lowest BCUT2D eigenvalue weighted by Gasteiger charge is -2.37. The maximum absolute atomic E-state index is 13.0. The summed E-state index contributed by atoms with van der Waals surface area (Å²) in [7, 11) is 1.76. The van der Waals surface area contributed by atoms with Gasteiger partial charge in [-0.3, -0.25) is 9.69 Å². The van der Waals surface area contributed by atoms with E-state index in [9.17, 15) is 4.79 Å². The summed E-state index contributed by atoms with van der Waals surface area (Å²) in [6.07, 6.45) is 3.61. The van der Waals surface area contributed by atoms with Crippen molar-refractivity contribution in [3.63, 3.8) is 0 Å². The van der Waals surface area contributed by atoms with Crippen molar-refractivity contribution in [2.45, 2.75) is 44.3 Å². The number of methoxy groups -OCH3 is 1. The lowest BCUT2D eigenvalue weighted by molar-refractivity contribution is 0.111. The molecule has 0 spiro atoms. The molecule has 2 bridgehead atoms. The van der Waals surface area contributed by atoms with Gasteiger partial charge in [0, 0.05) is 50.0 Å². The third kappa shape index (κ3) is 4.06. The zero-order valence-corrected chi connectivity index (χ0v) is 16.4. The van der Waals surface area contributed by atoms with Crippen molar-refractivity contribution in [1.29, 1.82) is 0 Å². The quantitative estimate of drug-likeness (QED) is 0.855. The Bertz CT molecular complexity index is 637. The average Bonchev–Trinajstić information content (AvgIpc) is 2.98. The van der Waals surface area contributed by atoms with Crippen LogP contribution < -0.4 is 10.9 Å². The highest BCUT2D eigenvalue weighted by Crippen LogP contribution is 2.32. The van der Waals surface area contributed by atoms with Gasteiger partial charge in [0.05, 0.1) is 6.61 Å². The van der Waals surface area contributed by atoms with Crippen LogP contribution in [0.4, 0.5) is 0 Å². The third-order valence-electron chi connectivity index (χ3n) is 5.82. The maximum Gasteiger partial charge on any atom is 0.255 e. The molecule has 0 aliphatic carbocycles. The number of fused-ring (bicyclic) bond motifs is 4. The molecule has 3 aliphatic rings. The predicted molar refractivity (Wildman–Crippen MR) is 104 cm³/mol. The Morgan fingerprint density at radius 3 is 2.92 bits per heavy atom. The zero-order chi connectivity index (χ0) is 15.8. The van der Waals surface area contributed by atoms with E-state index in [1.54, 1.807) is 7.11 Å². The summed E-state index contributed by atoms with van der Waals surface area (Å²) in [5, 5.41) is 3.50. The molecule has 7 heteroatoms. The van der Waals surface area contributed by atoms with E-state index in [4.69, 9.17) is 4.74 Å². The largest absolute Gasteiger partial charge is 0.383 e. The highest BCUT2D eigenvalue weighted by atomic mass is 35.5. The van der Waals surface area contributed by atoms with Crippen molar-refractivity contribution in [1.82, 2.24) is 14.8 Å². The predicted octanol–water partition coefficient (Wildman–Crippen LogP) is 2.01. The summed E-state index contributed by atoms with van der Waals surface area (Å²) in [5.74, 6) is 1.12. The second-order valence-corrected chi connectivity index (χ2v) is 7.38. The SMILES string of the molecule is COC[C@@H]1CCCN1Cc1ccc2n(c1=O)C[C@@H]1CNC[C@H]2C1.Cl.Cl. The average molecular weight is 390 g/mol. The number of nitrogens with zero attached hydrogens (tertiary/aromatic N) is 2. The number of nitrogens with one attached hydrogen (secondary N) is 1. The van der Waals surface area contributed by atoms with Crippen molar-refractivity contribution < 1.29 is 4.74 Å². The Balaban J connectivity index is 0.00000113. The van der Waals surface area contributed by atoms with Crippen LogP contribution in [0.25, 0.3) is 0 Å². The van der Waals surface area contributed by atoms with Gasteiger partial charge in [0.25, 0.3) is 5.56 Å². The van der Waals surface area contributed by atoms with Crippen molar-refractivity contribution >= 4 is 24.8 Å². The Morgan fingerprint density at radius 2 is 2.12 bits per heavy atom. The van der Waals surface area contributed by atoms with Gasteiger partial charge in [0.15, 0.2) is 0 Å². The first-order valence-electron chi connectivity index (χ1n) is 8.92. The topological polar surface area (TPSA) is 46.5 Å². The molecule has 2 saturated heterocycles. The monoisotopic (exact) mass is 389 g/mol. The van der Waals surface area contributed by atoms with Gasteiger partial charge in [-0.2, -0.15) is 0 Å². The number of halogens is 2. The fourth-order valence-electron chi connectivity index (χ4n) is 4.66. The molecule has 1 N–H and O–H groups in total. The fraction of sp³-hybridized carbons (Fsp3) is 0.722. The third-order valence-corrected chi connectivity index (χ3v) is 5.82. The van der Waals surface area contributed by atoms with Crippen LogP contribution in [0.2, 0.25) is 0 Å². The molecule has 4 rings (SSSR count). The van der Waals surface area contributed by atoms with Crippen LogP contribution in [-0.4, -0.2) is 48.9 Å². The summed E-state index contributed by atoms with van der Waals surface area (Å²) in [6, 6.07) is 4.74. The number of hydrogen-bond donors (Lipinski definition) is 1. The lowest BCUT2D eigenvalue weighted by atomic mass is 9.84. The second-order valence-electron chi connectivity index (χ2n) is 7.38. The zero-order valence-electron chi connectivity index (χ0n) is 14.8. The molecule has 0 aromatic carbocycles. The first-order chi connectivity index (χ1) is 11.3. The van der Waals surface area contributed by atoms with E-state index in [-0.39, 0.29) is 30.4 Å². The summed E-state index contributed by atoms with van der Waals surface area (Å²) < 4.78 is 7.40. The number of aromatic nitrogens is 1. The smallest absolute Gasteiger partial charge is 0.255 e. The molecule has 1 aromatic heterocycles. The van der Waals surface area contributed by atoms with Crippen molar-refractivity contribution in [3.8, 4) is 0 Å². The van der Waals surface area contributed by atoms with E-state index in [1.807, 2.05) is 0 Å². The Hall–Kier alpha value is -0.590. The Morgan fingerprint density at radius 1 is 1.28 bits per heavy atom. The minimum Gasteiger partial charge on any atom is -0.383 e.